The summed E-state index contributed by atoms with van der Waals surface area (Å²) in [5.41, 5.74) is 1.53. The summed E-state index contributed by atoms with van der Waals surface area (Å²) in [6.07, 6.45) is 1.67. The minimum absolute atomic E-state index is 0.138. The number of benzene rings is 1. The van der Waals surface area contributed by atoms with Crippen LogP contribution in [0.4, 0.5) is 11.5 Å². The highest BCUT2D eigenvalue weighted by molar-refractivity contribution is 8.00. The molecule has 146 valence electrons. The molecule has 28 heavy (non-hydrogen) atoms. The third-order valence-electron chi connectivity index (χ3n) is 3.72. The summed E-state index contributed by atoms with van der Waals surface area (Å²) in [6.45, 7) is 4.50. The molecule has 0 fully saturated rings. The fourth-order valence-corrected chi connectivity index (χ4v) is 3.10. The summed E-state index contributed by atoms with van der Waals surface area (Å²) in [5, 5.41) is 17.2. The zero-order chi connectivity index (χ0) is 19.9. The van der Waals surface area contributed by atoms with Gasteiger partial charge in [0.2, 0.25) is 11.8 Å². The Bertz CT molecular complexity index is 968. The Kier molecular flexibility index (Phi) is 6.43. The molecule has 1 aromatic carbocycles. The second-order valence-corrected chi connectivity index (χ2v) is 6.92. The van der Waals surface area contributed by atoms with E-state index in [1.165, 1.54) is 11.8 Å². The van der Waals surface area contributed by atoms with Crippen LogP contribution in [0, 0.1) is 6.92 Å². The van der Waals surface area contributed by atoms with E-state index in [-0.39, 0.29) is 23.3 Å². The topological polar surface area (TPSA) is 115 Å². The van der Waals surface area contributed by atoms with Crippen LogP contribution in [0.3, 0.4) is 0 Å². The maximum atomic E-state index is 12.2. The van der Waals surface area contributed by atoms with Crippen LogP contribution in [0.5, 0.6) is 0 Å². The van der Waals surface area contributed by atoms with Crippen LogP contribution in [0.25, 0.3) is 11.4 Å². The number of carbonyl (C=O) groups excluding carboxylic acids is 2. The number of amides is 2. The van der Waals surface area contributed by atoms with E-state index < -0.39 is 0 Å². The van der Waals surface area contributed by atoms with E-state index in [4.69, 9.17) is 4.52 Å². The van der Waals surface area contributed by atoms with Gasteiger partial charge >= 0.3 is 0 Å². The van der Waals surface area contributed by atoms with Gasteiger partial charge in [0.15, 0.2) is 11.6 Å². The van der Waals surface area contributed by atoms with Gasteiger partial charge in [-0.2, -0.15) is 0 Å². The highest BCUT2D eigenvalue weighted by Gasteiger charge is 2.10. The van der Waals surface area contributed by atoms with Crippen LogP contribution in [-0.2, 0) is 16.1 Å². The zero-order valence-corrected chi connectivity index (χ0v) is 16.3. The molecule has 2 aromatic heterocycles. The van der Waals surface area contributed by atoms with Crippen molar-refractivity contribution >= 4 is 35.1 Å². The molecule has 0 aliphatic heterocycles. The second kappa shape index (κ2) is 9.18. The molecule has 0 saturated heterocycles. The van der Waals surface area contributed by atoms with Crippen LogP contribution in [0.2, 0.25) is 0 Å². The first kappa shape index (κ1) is 19.6. The van der Waals surface area contributed by atoms with E-state index in [0.29, 0.717) is 17.3 Å². The average Bonchev–Trinajstić information content (AvgIpc) is 3.30. The van der Waals surface area contributed by atoms with Gasteiger partial charge < -0.3 is 19.7 Å². The number of aromatic nitrogens is 4. The average molecular weight is 400 g/mol. The molecule has 2 heterocycles. The number of hydrogen-bond acceptors (Lipinski definition) is 7. The Labute approximate surface area is 165 Å². The lowest BCUT2D eigenvalue weighted by Crippen LogP contribution is -2.18. The second-order valence-electron chi connectivity index (χ2n) is 5.93. The van der Waals surface area contributed by atoms with Gasteiger partial charge in [0.1, 0.15) is 12.1 Å². The molecule has 0 aliphatic rings. The molecule has 0 atom stereocenters. The lowest BCUT2D eigenvalue weighted by atomic mass is 10.2. The first-order valence-corrected chi connectivity index (χ1v) is 9.79. The summed E-state index contributed by atoms with van der Waals surface area (Å²) in [4.78, 5) is 24.0. The molecule has 0 bridgehead atoms. The molecule has 9 nitrogen and oxygen atoms in total. The van der Waals surface area contributed by atoms with Crippen molar-refractivity contribution in [2.75, 3.05) is 22.1 Å². The third kappa shape index (κ3) is 5.19. The molecule has 0 unspecified atom stereocenters. The molecule has 0 spiro atoms. The molecule has 2 amide bonds. The minimum Gasteiger partial charge on any atom is -0.360 e. The van der Waals surface area contributed by atoms with Gasteiger partial charge in [-0.3, -0.25) is 9.59 Å². The van der Waals surface area contributed by atoms with E-state index in [0.717, 1.165) is 17.9 Å². The standard InChI is InChI=1S/C18H20N6O3S/c1-3-24-11-19-22-18(24)13-5-4-6-14(8-13)20-16(25)9-28-10-17(26)21-15-7-12(2)27-23-15/h4-8,11H,3,9-10H2,1-2H3,(H,20,25)(H,21,23,26). The first-order valence-electron chi connectivity index (χ1n) is 8.64. The van der Waals surface area contributed by atoms with E-state index in [1.807, 2.05) is 29.7 Å². The van der Waals surface area contributed by atoms with Crippen molar-refractivity contribution in [2.45, 2.75) is 20.4 Å². The lowest BCUT2D eigenvalue weighted by Gasteiger charge is -2.08. The summed E-state index contributed by atoms with van der Waals surface area (Å²) in [7, 11) is 0. The maximum absolute atomic E-state index is 12.2. The van der Waals surface area contributed by atoms with Crippen molar-refractivity contribution in [2.24, 2.45) is 0 Å². The molecule has 3 rings (SSSR count). The quantitative estimate of drug-likeness (QED) is 0.597. The molecule has 0 aliphatic carbocycles. The third-order valence-corrected chi connectivity index (χ3v) is 4.66. The number of aryl methyl sites for hydroxylation is 2. The van der Waals surface area contributed by atoms with Crippen LogP contribution < -0.4 is 10.6 Å². The van der Waals surface area contributed by atoms with Crippen molar-refractivity contribution in [1.82, 2.24) is 19.9 Å². The summed E-state index contributed by atoms with van der Waals surface area (Å²) >= 11 is 1.21. The van der Waals surface area contributed by atoms with Crippen LogP contribution in [-0.4, -0.2) is 43.2 Å². The van der Waals surface area contributed by atoms with Gasteiger partial charge in [0, 0.05) is 23.9 Å². The Hall–Kier alpha value is -3.14. The lowest BCUT2D eigenvalue weighted by molar-refractivity contribution is -0.114. The van der Waals surface area contributed by atoms with Crippen molar-refractivity contribution in [3.05, 3.63) is 42.4 Å². The Morgan fingerprint density at radius 1 is 1.18 bits per heavy atom. The van der Waals surface area contributed by atoms with Crippen LogP contribution in [0.1, 0.15) is 12.7 Å². The molecule has 0 saturated carbocycles. The number of carbonyl (C=O) groups is 2. The number of anilines is 2. The molecule has 2 N–H and O–H groups in total. The Balaban J connectivity index is 1.48. The number of thioether (sulfide) groups is 1. The van der Waals surface area contributed by atoms with E-state index in [2.05, 4.69) is 26.0 Å². The van der Waals surface area contributed by atoms with E-state index in [1.54, 1.807) is 25.4 Å². The summed E-state index contributed by atoms with van der Waals surface area (Å²) in [6, 6.07) is 9.04. The largest absolute Gasteiger partial charge is 0.360 e. The fourth-order valence-electron chi connectivity index (χ4n) is 2.48. The highest BCUT2D eigenvalue weighted by atomic mass is 32.2. The SMILES string of the molecule is CCn1cnnc1-c1cccc(NC(=O)CSCC(=O)Nc2cc(C)on2)c1. The van der Waals surface area contributed by atoms with Crippen LogP contribution in [0.15, 0.2) is 41.2 Å². The van der Waals surface area contributed by atoms with E-state index >= 15 is 0 Å². The van der Waals surface area contributed by atoms with Gasteiger partial charge in [0.05, 0.1) is 11.5 Å². The van der Waals surface area contributed by atoms with Gasteiger partial charge in [-0.15, -0.1) is 22.0 Å². The van der Waals surface area contributed by atoms with Crippen LogP contribution >= 0.6 is 11.8 Å². The smallest absolute Gasteiger partial charge is 0.235 e. The molecule has 10 heteroatoms. The van der Waals surface area contributed by atoms with Crippen molar-refractivity contribution in [1.29, 1.82) is 0 Å². The highest BCUT2D eigenvalue weighted by Crippen LogP contribution is 2.21. The first-order chi connectivity index (χ1) is 13.5. The predicted octanol–water partition coefficient (Wildman–Crippen LogP) is 2.57. The monoisotopic (exact) mass is 400 g/mol. The Morgan fingerprint density at radius 2 is 1.96 bits per heavy atom. The normalized spacial score (nSPS) is 10.6. The van der Waals surface area contributed by atoms with Crippen molar-refractivity contribution < 1.29 is 14.1 Å². The Morgan fingerprint density at radius 3 is 2.68 bits per heavy atom. The van der Waals surface area contributed by atoms with Gasteiger partial charge in [0.25, 0.3) is 0 Å². The van der Waals surface area contributed by atoms with Crippen molar-refractivity contribution in [3.63, 3.8) is 0 Å². The number of nitrogens with one attached hydrogen (secondary N) is 2. The molecular formula is C18H20N6O3S. The predicted molar refractivity (Wildman–Crippen MR) is 107 cm³/mol. The maximum Gasteiger partial charge on any atom is 0.235 e. The fraction of sp³-hybridized carbons (Fsp3) is 0.278. The number of rotatable bonds is 8. The number of hydrogen-bond donors (Lipinski definition) is 2. The van der Waals surface area contributed by atoms with Gasteiger partial charge in [-0.05, 0) is 26.0 Å². The summed E-state index contributed by atoms with van der Waals surface area (Å²) in [5.74, 6) is 1.58. The zero-order valence-electron chi connectivity index (χ0n) is 15.5. The van der Waals surface area contributed by atoms with E-state index in [9.17, 15) is 9.59 Å². The summed E-state index contributed by atoms with van der Waals surface area (Å²) < 4.78 is 6.80. The molecule has 0 radical (unpaired) electrons. The molecular weight excluding hydrogens is 380 g/mol. The van der Waals surface area contributed by atoms with Gasteiger partial charge in [-0.1, -0.05) is 17.3 Å². The van der Waals surface area contributed by atoms with Gasteiger partial charge in [-0.25, -0.2) is 0 Å². The molecule has 3 aromatic rings. The number of nitrogens with zero attached hydrogens (tertiary/aromatic N) is 4. The minimum atomic E-state index is -0.244. The van der Waals surface area contributed by atoms with Crippen molar-refractivity contribution in [3.8, 4) is 11.4 Å².